The molecule has 0 saturated carbocycles. The molecule has 0 unspecified atom stereocenters. The highest BCUT2D eigenvalue weighted by molar-refractivity contribution is 5.31. The van der Waals surface area contributed by atoms with Crippen molar-refractivity contribution in [1.82, 2.24) is 0 Å². The van der Waals surface area contributed by atoms with Gasteiger partial charge >= 0.3 is 6.36 Å². The molecule has 0 aliphatic rings. The molecule has 116 valence electrons. The molecular formula is C16H15F3N2O. The topological polar surface area (TPSA) is 56.8 Å². The van der Waals surface area contributed by atoms with Gasteiger partial charge in [-0.2, -0.15) is 10.5 Å². The predicted octanol–water partition coefficient (Wildman–Crippen LogP) is 4.52. The predicted molar refractivity (Wildman–Crippen MR) is 74.5 cm³/mol. The number of alkyl halides is 3. The van der Waals surface area contributed by atoms with Crippen LogP contribution < -0.4 is 4.74 Å². The minimum atomic E-state index is -4.74. The smallest absolute Gasteiger partial charge is 0.406 e. The number of hydrogen-bond acceptors (Lipinski definition) is 3. The first kappa shape index (κ1) is 17.6. The molecule has 0 bridgehead atoms. The van der Waals surface area contributed by atoms with Crippen molar-refractivity contribution in [1.29, 1.82) is 10.5 Å². The molecule has 0 aliphatic heterocycles. The Morgan fingerprint density at radius 2 is 1.68 bits per heavy atom. The van der Waals surface area contributed by atoms with Crippen molar-refractivity contribution in [2.24, 2.45) is 5.41 Å². The highest BCUT2D eigenvalue weighted by atomic mass is 19.4. The third-order valence-corrected chi connectivity index (χ3v) is 2.95. The quantitative estimate of drug-likeness (QED) is 0.752. The molecule has 0 radical (unpaired) electrons. The zero-order valence-electron chi connectivity index (χ0n) is 12.2. The van der Waals surface area contributed by atoms with Crippen LogP contribution in [0.25, 0.3) is 0 Å². The summed E-state index contributed by atoms with van der Waals surface area (Å²) >= 11 is 0. The number of rotatable bonds is 5. The highest BCUT2D eigenvalue weighted by Gasteiger charge is 2.32. The van der Waals surface area contributed by atoms with E-state index in [4.69, 9.17) is 0 Å². The Bertz CT molecular complexity index is 601. The van der Waals surface area contributed by atoms with Gasteiger partial charge < -0.3 is 4.74 Å². The second-order valence-electron chi connectivity index (χ2n) is 5.16. The summed E-state index contributed by atoms with van der Waals surface area (Å²) in [5.41, 5.74) is 0.354. The minimum Gasteiger partial charge on any atom is -0.406 e. The Kier molecular flexibility index (Phi) is 5.59. The van der Waals surface area contributed by atoms with E-state index in [1.807, 2.05) is 26.0 Å². The zero-order chi connectivity index (χ0) is 16.8. The van der Waals surface area contributed by atoms with E-state index in [-0.39, 0.29) is 18.6 Å². The molecule has 1 aromatic rings. The number of nitriles is 2. The Hall–Kier alpha value is -2.47. The largest absolute Gasteiger partial charge is 0.573 e. The standard InChI is InChI=1S/C16H15F3N2O/c1-12(2)7-8-15(10-20,11-21)9-13-3-5-14(6-4-13)22-16(17,18)19/h3-7H,8-9H2,1-2H3. The minimum absolute atomic E-state index is 0.135. The summed E-state index contributed by atoms with van der Waals surface area (Å²) in [6.45, 7) is 3.73. The fraction of sp³-hybridized carbons (Fsp3) is 0.375. The van der Waals surface area contributed by atoms with Gasteiger partial charge in [-0.05, 0) is 38.0 Å². The van der Waals surface area contributed by atoms with Crippen molar-refractivity contribution >= 4 is 0 Å². The van der Waals surface area contributed by atoms with Gasteiger partial charge in [0.2, 0.25) is 0 Å². The molecule has 0 atom stereocenters. The van der Waals surface area contributed by atoms with Crippen molar-refractivity contribution in [3.63, 3.8) is 0 Å². The Morgan fingerprint density at radius 1 is 1.14 bits per heavy atom. The lowest BCUT2D eigenvalue weighted by molar-refractivity contribution is -0.274. The molecule has 0 spiro atoms. The van der Waals surface area contributed by atoms with Crippen molar-refractivity contribution in [3.05, 3.63) is 41.5 Å². The lowest BCUT2D eigenvalue weighted by atomic mass is 9.81. The third-order valence-electron chi connectivity index (χ3n) is 2.95. The molecule has 1 rings (SSSR count). The van der Waals surface area contributed by atoms with Crippen LogP contribution in [0.2, 0.25) is 0 Å². The SMILES string of the molecule is CC(C)=CCC(C#N)(C#N)Cc1ccc(OC(F)(F)F)cc1. The summed E-state index contributed by atoms with van der Waals surface area (Å²) in [7, 11) is 0. The van der Waals surface area contributed by atoms with Gasteiger partial charge in [0, 0.05) is 6.42 Å². The molecule has 0 saturated heterocycles. The molecule has 0 aliphatic carbocycles. The summed E-state index contributed by atoms with van der Waals surface area (Å²) in [6.07, 6.45) is -2.54. The summed E-state index contributed by atoms with van der Waals surface area (Å²) < 4.78 is 40.0. The van der Waals surface area contributed by atoms with Crippen molar-refractivity contribution in [2.45, 2.75) is 33.1 Å². The van der Waals surface area contributed by atoms with Gasteiger partial charge in [0.25, 0.3) is 0 Å². The average Bonchev–Trinajstić information content (AvgIpc) is 2.44. The van der Waals surface area contributed by atoms with Gasteiger partial charge in [-0.15, -0.1) is 13.2 Å². The van der Waals surface area contributed by atoms with Crippen molar-refractivity contribution in [3.8, 4) is 17.9 Å². The molecule has 0 fully saturated rings. The van der Waals surface area contributed by atoms with Crippen LogP contribution >= 0.6 is 0 Å². The van der Waals surface area contributed by atoms with Gasteiger partial charge in [-0.25, -0.2) is 0 Å². The second-order valence-corrected chi connectivity index (χ2v) is 5.16. The van der Waals surface area contributed by atoms with Crippen LogP contribution in [0, 0.1) is 28.1 Å². The Balaban J connectivity index is 2.90. The Morgan fingerprint density at radius 3 is 2.09 bits per heavy atom. The lowest BCUT2D eigenvalue weighted by Crippen LogP contribution is -2.19. The van der Waals surface area contributed by atoms with Gasteiger partial charge in [0.1, 0.15) is 5.75 Å². The number of benzene rings is 1. The van der Waals surface area contributed by atoms with E-state index in [0.29, 0.717) is 5.56 Å². The van der Waals surface area contributed by atoms with Gasteiger partial charge in [0.15, 0.2) is 5.41 Å². The first-order chi connectivity index (χ1) is 10.2. The zero-order valence-corrected chi connectivity index (χ0v) is 12.2. The number of halogens is 3. The van der Waals surface area contributed by atoms with Crippen LogP contribution in [-0.4, -0.2) is 6.36 Å². The van der Waals surface area contributed by atoms with Crippen LogP contribution in [0.1, 0.15) is 25.8 Å². The maximum absolute atomic E-state index is 12.1. The van der Waals surface area contributed by atoms with Crippen LogP contribution in [0.4, 0.5) is 13.2 Å². The molecule has 0 aromatic heterocycles. The van der Waals surface area contributed by atoms with E-state index in [0.717, 1.165) is 5.57 Å². The monoisotopic (exact) mass is 308 g/mol. The summed E-state index contributed by atoms with van der Waals surface area (Å²) in [5, 5.41) is 18.6. The van der Waals surface area contributed by atoms with E-state index >= 15 is 0 Å². The first-order valence-electron chi connectivity index (χ1n) is 6.50. The molecule has 1 aromatic carbocycles. The molecule has 0 N–H and O–H groups in total. The number of ether oxygens (including phenoxy) is 1. The molecule has 22 heavy (non-hydrogen) atoms. The normalized spacial score (nSPS) is 11.2. The Labute approximate surface area is 127 Å². The van der Waals surface area contributed by atoms with Crippen LogP contribution in [0.5, 0.6) is 5.75 Å². The maximum atomic E-state index is 12.1. The molecule has 6 heteroatoms. The van der Waals surface area contributed by atoms with Crippen LogP contribution in [-0.2, 0) is 6.42 Å². The number of hydrogen-bond donors (Lipinski definition) is 0. The highest BCUT2D eigenvalue weighted by Crippen LogP contribution is 2.29. The summed E-state index contributed by atoms with van der Waals surface area (Å²) in [5.74, 6) is -0.333. The first-order valence-corrected chi connectivity index (χ1v) is 6.50. The second kappa shape index (κ2) is 7.00. The van der Waals surface area contributed by atoms with E-state index < -0.39 is 11.8 Å². The van der Waals surface area contributed by atoms with E-state index in [1.54, 1.807) is 6.08 Å². The summed E-state index contributed by atoms with van der Waals surface area (Å²) in [6, 6.07) is 9.20. The number of nitrogens with zero attached hydrogens (tertiary/aromatic N) is 2. The number of allylic oxidation sites excluding steroid dienone is 2. The lowest BCUT2D eigenvalue weighted by Gasteiger charge is -2.17. The van der Waals surface area contributed by atoms with Gasteiger partial charge in [-0.3, -0.25) is 0 Å². The fourth-order valence-electron chi connectivity index (χ4n) is 1.80. The van der Waals surface area contributed by atoms with Gasteiger partial charge in [0.05, 0.1) is 12.1 Å². The average molecular weight is 308 g/mol. The molecule has 0 heterocycles. The summed E-state index contributed by atoms with van der Waals surface area (Å²) in [4.78, 5) is 0. The van der Waals surface area contributed by atoms with E-state index in [2.05, 4.69) is 4.74 Å². The molecular weight excluding hydrogens is 293 g/mol. The van der Waals surface area contributed by atoms with E-state index in [1.165, 1.54) is 24.3 Å². The maximum Gasteiger partial charge on any atom is 0.573 e. The third kappa shape index (κ3) is 5.49. The van der Waals surface area contributed by atoms with Crippen molar-refractivity contribution in [2.75, 3.05) is 0 Å². The van der Waals surface area contributed by atoms with Crippen LogP contribution in [0.15, 0.2) is 35.9 Å². The molecule has 0 amide bonds. The van der Waals surface area contributed by atoms with E-state index in [9.17, 15) is 23.7 Å². The van der Waals surface area contributed by atoms with Crippen molar-refractivity contribution < 1.29 is 17.9 Å². The van der Waals surface area contributed by atoms with Gasteiger partial charge in [-0.1, -0.05) is 23.8 Å². The molecule has 3 nitrogen and oxygen atoms in total. The fourth-order valence-corrected chi connectivity index (χ4v) is 1.80. The van der Waals surface area contributed by atoms with Crippen LogP contribution in [0.3, 0.4) is 0 Å².